The van der Waals surface area contributed by atoms with Gasteiger partial charge in [0.1, 0.15) is 0 Å². The van der Waals surface area contributed by atoms with Crippen molar-refractivity contribution in [1.82, 2.24) is 4.98 Å². The SMILES string of the molecule is C(=Nc1ccc(-c2ccccc2)cc1)c1cccc(C=Nc2ccc(-c3ccccc3)cc2)n1.[Cl][Fe][Cl]. The molecule has 0 unspecified atom stereocenters. The monoisotopic (exact) mass is 563 g/mol. The first-order chi connectivity index (χ1) is 18.2. The fourth-order valence-electron chi connectivity index (χ4n) is 3.64. The van der Waals surface area contributed by atoms with Gasteiger partial charge in [0, 0.05) is 0 Å². The van der Waals surface area contributed by atoms with Crippen LogP contribution in [0.1, 0.15) is 11.4 Å². The number of hydrogen-bond acceptors (Lipinski definition) is 3. The molecular weight excluding hydrogens is 541 g/mol. The molecule has 0 aliphatic rings. The number of aliphatic imine (C=N–C) groups is 2. The predicted octanol–water partition coefficient (Wildman–Crippen LogP) is 9.29. The summed E-state index contributed by atoms with van der Waals surface area (Å²) in [4.78, 5) is 13.8. The molecule has 3 nitrogen and oxygen atoms in total. The van der Waals surface area contributed by atoms with E-state index >= 15 is 0 Å². The molecule has 0 bridgehead atoms. The number of rotatable bonds is 6. The number of hydrogen-bond donors (Lipinski definition) is 0. The van der Waals surface area contributed by atoms with Crippen molar-refractivity contribution < 1.29 is 13.1 Å². The molecule has 0 fully saturated rings. The zero-order chi connectivity index (χ0) is 25.7. The van der Waals surface area contributed by atoms with Crippen LogP contribution in [-0.4, -0.2) is 17.4 Å². The molecule has 1 aromatic heterocycles. The summed E-state index contributed by atoms with van der Waals surface area (Å²) in [5, 5.41) is 0. The molecule has 1 heterocycles. The van der Waals surface area contributed by atoms with Crippen molar-refractivity contribution in [3.8, 4) is 22.3 Å². The maximum absolute atomic E-state index is 4.76. The zero-order valence-corrected chi connectivity index (χ0v) is 22.3. The molecular formula is C31H23Cl2FeN3. The minimum absolute atomic E-state index is 0.194. The third kappa shape index (κ3) is 8.24. The molecule has 0 spiro atoms. The Hall–Kier alpha value is -3.53. The second-order valence-electron chi connectivity index (χ2n) is 7.88. The van der Waals surface area contributed by atoms with Gasteiger partial charge in [-0.1, -0.05) is 91.0 Å². The quantitative estimate of drug-likeness (QED) is 0.150. The van der Waals surface area contributed by atoms with Crippen molar-refractivity contribution in [3.63, 3.8) is 0 Å². The molecule has 4 aromatic carbocycles. The maximum atomic E-state index is 4.76. The Bertz CT molecular complexity index is 1330. The van der Waals surface area contributed by atoms with Gasteiger partial charge in [0.05, 0.1) is 35.2 Å². The molecule has 0 radical (unpaired) electrons. The molecule has 0 saturated heterocycles. The summed E-state index contributed by atoms with van der Waals surface area (Å²) in [7, 11) is 9.53. The Morgan fingerprint density at radius 2 is 0.811 bits per heavy atom. The van der Waals surface area contributed by atoms with Gasteiger partial charge in [-0.3, -0.25) is 9.98 Å². The van der Waals surface area contributed by atoms with E-state index < -0.39 is 0 Å². The van der Waals surface area contributed by atoms with Gasteiger partial charge < -0.3 is 0 Å². The van der Waals surface area contributed by atoms with Crippen LogP contribution in [-0.2, 0) is 13.1 Å². The molecule has 0 aliphatic carbocycles. The summed E-state index contributed by atoms with van der Waals surface area (Å²) in [5.74, 6) is 0. The molecule has 5 aromatic rings. The topological polar surface area (TPSA) is 37.6 Å². The normalized spacial score (nSPS) is 11.0. The second kappa shape index (κ2) is 14.3. The van der Waals surface area contributed by atoms with Crippen LogP contribution in [0.4, 0.5) is 11.4 Å². The van der Waals surface area contributed by atoms with Crippen molar-refractivity contribution in [1.29, 1.82) is 0 Å². The van der Waals surface area contributed by atoms with Crippen LogP contribution in [0.5, 0.6) is 0 Å². The number of aromatic nitrogens is 1. The van der Waals surface area contributed by atoms with Gasteiger partial charge in [-0.05, 0) is 58.7 Å². The zero-order valence-electron chi connectivity index (χ0n) is 19.7. The molecule has 0 amide bonds. The van der Waals surface area contributed by atoms with Crippen LogP contribution in [0.25, 0.3) is 22.3 Å². The van der Waals surface area contributed by atoms with Crippen molar-refractivity contribution in [2.24, 2.45) is 9.98 Å². The van der Waals surface area contributed by atoms with Gasteiger partial charge in [-0.2, -0.15) is 0 Å². The summed E-state index contributed by atoms with van der Waals surface area (Å²) in [6, 6.07) is 42.9. The van der Waals surface area contributed by atoms with E-state index in [9.17, 15) is 0 Å². The average molecular weight is 564 g/mol. The van der Waals surface area contributed by atoms with E-state index in [0.29, 0.717) is 0 Å². The summed E-state index contributed by atoms with van der Waals surface area (Å²) >= 11 is 0.194. The standard InChI is InChI=1S/C31H23N3.2ClH.Fe/c1-3-8-24(9-4-1)26-14-18-28(19-15-26)32-22-30-12-7-13-31(34-30)23-33-29-20-16-27(17-21-29)25-10-5-2-6-11-25;;;/h1-23H;2*1H;/q;;;+2/p-2. The Morgan fingerprint density at radius 1 is 0.459 bits per heavy atom. The molecule has 0 aliphatic heterocycles. The molecule has 6 heteroatoms. The van der Waals surface area contributed by atoms with Crippen molar-refractivity contribution >= 4 is 44.0 Å². The Kier molecular flexibility index (Phi) is 10.2. The number of nitrogens with zero attached hydrogens (tertiary/aromatic N) is 3. The molecule has 5 rings (SSSR count). The predicted molar refractivity (Wildman–Crippen MR) is 154 cm³/mol. The molecule has 0 N–H and O–H groups in total. The van der Waals surface area contributed by atoms with Crippen molar-refractivity contribution in [2.75, 3.05) is 0 Å². The summed E-state index contributed by atoms with van der Waals surface area (Å²) in [6.45, 7) is 0. The van der Waals surface area contributed by atoms with E-state index in [1.807, 2.05) is 78.9 Å². The van der Waals surface area contributed by atoms with Crippen LogP contribution in [0.2, 0.25) is 0 Å². The van der Waals surface area contributed by atoms with Crippen LogP contribution in [0, 0.1) is 0 Å². The number of pyridine rings is 1. The first-order valence-electron chi connectivity index (χ1n) is 11.5. The summed E-state index contributed by atoms with van der Waals surface area (Å²) < 4.78 is 0. The Balaban J connectivity index is 0.00000102. The van der Waals surface area contributed by atoms with E-state index in [4.69, 9.17) is 20.2 Å². The fourth-order valence-corrected chi connectivity index (χ4v) is 3.64. The van der Waals surface area contributed by atoms with E-state index in [0.717, 1.165) is 22.8 Å². The van der Waals surface area contributed by atoms with Crippen molar-refractivity contribution in [3.05, 3.63) is 139 Å². The van der Waals surface area contributed by atoms with Crippen LogP contribution in [0.15, 0.2) is 137 Å². The van der Waals surface area contributed by atoms with Gasteiger partial charge in [-0.25, -0.2) is 4.98 Å². The summed E-state index contributed by atoms with van der Waals surface area (Å²) in [6.07, 6.45) is 3.56. The molecule has 0 atom stereocenters. The van der Waals surface area contributed by atoms with Crippen LogP contribution in [0.3, 0.4) is 0 Å². The number of benzene rings is 4. The van der Waals surface area contributed by atoms with Crippen LogP contribution < -0.4 is 0 Å². The Morgan fingerprint density at radius 3 is 1.19 bits per heavy atom. The first kappa shape index (κ1) is 26.5. The van der Waals surface area contributed by atoms with Gasteiger partial charge in [0.15, 0.2) is 0 Å². The second-order valence-corrected chi connectivity index (χ2v) is 9.70. The van der Waals surface area contributed by atoms with Gasteiger partial charge in [0.2, 0.25) is 0 Å². The van der Waals surface area contributed by atoms with Crippen LogP contribution >= 0.6 is 20.2 Å². The van der Waals surface area contributed by atoms with E-state index in [-0.39, 0.29) is 13.1 Å². The molecule has 184 valence electrons. The molecule has 37 heavy (non-hydrogen) atoms. The van der Waals surface area contributed by atoms with E-state index in [1.165, 1.54) is 22.3 Å². The fraction of sp³-hybridized carbons (Fsp3) is 0. The van der Waals surface area contributed by atoms with Gasteiger partial charge in [0.25, 0.3) is 0 Å². The first-order valence-corrected chi connectivity index (χ1v) is 14.5. The van der Waals surface area contributed by atoms with E-state index in [2.05, 4.69) is 63.5 Å². The van der Waals surface area contributed by atoms with Gasteiger partial charge >= 0.3 is 33.3 Å². The third-order valence-electron chi connectivity index (χ3n) is 5.43. The average Bonchev–Trinajstić information content (AvgIpc) is 2.97. The summed E-state index contributed by atoms with van der Waals surface area (Å²) in [5.41, 5.74) is 8.09. The molecule has 0 saturated carbocycles. The minimum atomic E-state index is 0.194. The Labute approximate surface area is 232 Å². The van der Waals surface area contributed by atoms with Crippen molar-refractivity contribution in [2.45, 2.75) is 0 Å². The van der Waals surface area contributed by atoms with E-state index in [1.54, 1.807) is 12.4 Å². The van der Waals surface area contributed by atoms with Gasteiger partial charge in [-0.15, -0.1) is 0 Å². The number of halogens is 2. The third-order valence-corrected chi connectivity index (χ3v) is 5.43.